The van der Waals surface area contributed by atoms with Crippen molar-refractivity contribution in [2.45, 2.75) is 19.9 Å². The van der Waals surface area contributed by atoms with E-state index in [9.17, 15) is 4.79 Å². The van der Waals surface area contributed by atoms with E-state index in [1.807, 2.05) is 42.2 Å². The highest BCUT2D eigenvalue weighted by molar-refractivity contribution is 5.94. The van der Waals surface area contributed by atoms with Gasteiger partial charge in [0.25, 0.3) is 5.91 Å². The predicted molar refractivity (Wildman–Crippen MR) is 109 cm³/mol. The van der Waals surface area contributed by atoms with E-state index in [4.69, 9.17) is 0 Å². The van der Waals surface area contributed by atoms with Gasteiger partial charge >= 0.3 is 0 Å². The number of carbonyl (C=O) groups excluding carboxylic acids is 1. The first kappa shape index (κ1) is 21.1. The van der Waals surface area contributed by atoms with Gasteiger partial charge in [0.1, 0.15) is 0 Å². The van der Waals surface area contributed by atoms with Gasteiger partial charge in [-0.15, -0.1) is 29.9 Å². The molecule has 1 aromatic carbocycles. The zero-order chi connectivity index (χ0) is 17.4. The van der Waals surface area contributed by atoms with Gasteiger partial charge in [0.15, 0.2) is 5.69 Å². The summed E-state index contributed by atoms with van der Waals surface area (Å²) in [4.78, 5) is 19.1. The lowest BCUT2D eigenvalue weighted by atomic mass is 10.2. The Balaban J connectivity index is 0.00000131. The molecule has 1 atom stereocenters. The number of carbonyl (C=O) groups is 1. The van der Waals surface area contributed by atoms with Gasteiger partial charge in [-0.2, -0.15) is 0 Å². The SMILES string of the molecule is Cc1c(C(=O)N2CCNC(C)C2)nnn1-c1cccc2cccnc12.Cl.Cl. The number of benzene rings is 1. The summed E-state index contributed by atoms with van der Waals surface area (Å²) < 4.78 is 1.70. The second-order valence-corrected chi connectivity index (χ2v) is 6.39. The molecule has 3 heterocycles. The number of halogens is 2. The molecule has 1 fully saturated rings. The van der Waals surface area contributed by atoms with E-state index in [0.717, 1.165) is 28.8 Å². The van der Waals surface area contributed by atoms with E-state index in [-0.39, 0.29) is 36.8 Å². The number of hydrogen-bond donors (Lipinski definition) is 1. The monoisotopic (exact) mass is 408 g/mol. The molecule has 27 heavy (non-hydrogen) atoms. The van der Waals surface area contributed by atoms with Gasteiger partial charge in [0, 0.05) is 37.3 Å². The van der Waals surface area contributed by atoms with Crippen molar-refractivity contribution in [2.75, 3.05) is 19.6 Å². The van der Waals surface area contributed by atoms with Crippen molar-refractivity contribution >= 4 is 41.6 Å². The number of para-hydroxylation sites is 1. The summed E-state index contributed by atoms with van der Waals surface area (Å²) in [5, 5.41) is 12.8. The molecule has 7 nitrogen and oxygen atoms in total. The number of fused-ring (bicyclic) bond motifs is 1. The van der Waals surface area contributed by atoms with Crippen LogP contribution in [0, 0.1) is 6.92 Å². The molecule has 2 aromatic heterocycles. The quantitative estimate of drug-likeness (QED) is 0.704. The van der Waals surface area contributed by atoms with Crippen molar-refractivity contribution in [2.24, 2.45) is 0 Å². The van der Waals surface area contributed by atoms with Crippen molar-refractivity contribution < 1.29 is 4.79 Å². The second-order valence-electron chi connectivity index (χ2n) is 6.39. The third kappa shape index (κ3) is 3.90. The fourth-order valence-electron chi connectivity index (χ4n) is 3.28. The molecule has 0 radical (unpaired) electrons. The molecule has 1 unspecified atom stereocenters. The molecule has 4 rings (SSSR count). The van der Waals surface area contributed by atoms with Crippen molar-refractivity contribution in [1.29, 1.82) is 0 Å². The van der Waals surface area contributed by atoms with Crippen LogP contribution in [-0.2, 0) is 0 Å². The smallest absolute Gasteiger partial charge is 0.276 e. The van der Waals surface area contributed by atoms with Crippen LogP contribution in [0.15, 0.2) is 36.5 Å². The van der Waals surface area contributed by atoms with Gasteiger partial charge in [-0.25, -0.2) is 4.68 Å². The normalized spacial score (nSPS) is 16.5. The standard InChI is InChI=1S/C18H20N6O.2ClH/c1-12-11-23(10-9-19-12)18(25)16-13(2)24(22-21-16)15-7-3-5-14-6-4-8-20-17(14)15;;/h3-8,12,19H,9-11H2,1-2H3;2*1H. The predicted octanol–water partition coefficient (Wildman–Crippen LogP) is 2.40. The topological polar surface area (TPSA) is 75.9 Å². The van der Waals surface area contributed by atoms with E-state index in [0.29, 0.717) is 18.8 Å². The summed E-state index contributed by atoms with van der Waals surface area (Å²) in [6.45, 7) is 6.12. The van der Waals surface area contributed by atoms with E-state index < -0.39 is 0 Å². The molecule has 0 saturated carbocycles. The maximum absolute atomic E-state index is 12.8. The summed E-state index contributed by atoms with van der Waals surface area (Å²) >= 11 is 0. The number of nitrogens with zero attached hydrogens (tertiary/aromatic N) is 5. The van der Waals surface area contributed by atoms with Gasteiger partial charge in [0.2, 0.25) is 0 Å². The first-order chi connectivity index (χ1) is 12.1. The van der Waals surface area contributed by atoms with Crippen LogP contribution >= 0.6 is 24.8 Å². The highest BCUT2D eigenvalue weighted by atomic mass is 35.5. The van der Waals surface area contributed by atoms with Gasteiger partial charge in [-0.05, 0) is 26.0 Å². The van der Waals surface area contributed by atoms with E-state index in [1.165, 1.54) is 0 Å². The average Bonchev–Trinajstić information content (AvgIpc) is 3.02. The molecule has 144 valence electrons. The summed E-state index contributed by atoms with van der Waals surface area (Å²) in [5.74, 6) is -0.0645. The zero-order valence-corrected chi connectivity index (χ0v) is 16.8. The third-order valence-corrected chi connectivity index (χ3v) is 4.59. The molecule has 1 amide bonds. The number of rotatable bonds is 2. The molecule has 0 aliphatic carbocycles. The average molecular weight is 409 g/mol. The molecule has 1 aliphatic heterocycles. The number of pyridine rings is 1. The van der Waals surface area contributed by atoms with Crippen LogP contribution in [0.1, 0.15) is 23.1 Å². The van der Waals surface area contributed by atoms with Crippen LogP contribution in [0.2, 0.25) is 0 Å². The van der Waals surface area contributed by atoms with Crippen molar-refractivity contribution in [3.05, 3.63) is 47.9 Å². The highest BCUT2D eigenvalue weighted by Gasteiger charge is 2.26. The Morgan fingerprint density at radius 3 is 2.78 bits per heavy atom. The van der Waals surface area contributed by atoms with Crippen molar-refractivity contribution in [3.8, 4) is 5.69 Å². The van der Waals surface area contributed by atoms with Gasteiger partial charge in [0.05, 0.1) is 16.9 Å². The number of nitrogens with one attached hydrogen (secondary N) is 1. The Kier molecular flexibility index (Phi) is 6.75. The maximum Gasteiger partial charge on any atom is 0.276 e. The lowest BCUT2D eigenvalue weighted by Gasteiger charge is -2.31. The molecule has 1 saturated heterocycles. The summed E-state index contributed by atoms with van der Waals surface area (Å²) in [6.07, 6.45) is 1.76. The number of piperazine rings is 1. The van der Waals surface area contributed by atoms with Gasteiger partial charge in [-0.3, -0.25) is 9.78 Å². The van der Waals surface area contributed by atoms with Crippen LogP contribution in [0.25, 0.3) is 16.6 Å². The first-order valence-electron chi connectivity index (χ1n) is 8.44. The molecule has 0 bridgehead atoms. The number of hydrogen-bond acceptors (Lipinski definition) is 5. The lowest BCUT2D eigenvalue weighted by molar-refractivity contribution is 0.0702. The van der Waals surface area contributed by atoms with Crippen molar-refractivity contribution in [3.63, 3.8) is 0 Å². The highest BCUT2D eigenvalue weighted by Crippen LogP contribution is 2.21. The van der Waals surface area contributed by atoms with Crippen LogP contribution in [0.5, 0.6) is 0 Å². The molecule has 0 spiro atoms. The molecule has 3 aromatic rings. The molecule has 9 heteroatoms. The molecule has 1 aliphatic rings. The maximum atomic E-state index is 12.8. The second kappa shape index (κ2) is 8.65. The Morgan fingerprint density at radius 2 is 2.00 bits per heavy atom. The van der Waals surface area contributed by atoms with Gasteiger partial charge in [-0.1, -0.05) is 23.4 Å². The first-order valence-corrected chi connectivity index (χ1v) is 8.44. The Morgan fingerprint density at radius 1 is 1.22 bits per heavy atom. The van der Waals surface area contributed by atoms with Crippen LogP contribution < -0.4 is 5.32 Å². The van der Waals surface area contributed by atoms with Gasteiger partial charge < -0.3 is 10.2 Å². The molecular weight excluding hydrogens is 387 g/mol. The molecular formula is C18H22Cl2N6O. The van der Waals surface area contributed by atoms with Crippen LogP contribution in [0.3, 0.4) is 0 Å². The zero-order valence-electron chi connectivity index (χ0n) is 15.1. The largest absolute Gasteiger partial charge is 0.334 e. The Hall–Kier alpha value is -2.22. The minimum atomic E-state index is -0.0645. The fourth-order valence-corrected chi connectivity index (χ4v) is 3.28. The fraction of sp³-hybridized carbons (Fsp3) is 0.333. The lowest BCUT2D eigenvalue weighted by Crippen LogP contribution is -2.51. The summed E-state index contributed by atoms with van der Waals surface area (Å²) in [5.41, 5.74) is 2.81. The van der Waals surface area contributed by atoms with E-state index in [1.54, 1.807) is 10.9 Å². The summed E-state index contributed by atoms with van der Waals surface area (Å²) in [7, 11) is 0. The molecule has 1 N–H and O–H groups in total. The minimum Gasteiger partial charge on any atom is -0.334 e. The Labute approximate surface area is 170 Å². The Bertz CT molecular complexity index is 939. The third-order valence-electron chi connectivity index (χ3n) is 4.59. The summed E-state index contributed by atoms with van der Waals surface area (Å²) in [6, 6.07) is 10.1. The number of aromatic nitrogens is 4. The van der Waals surface area contributed by atoms with Crippen molar-refractivity contribution in [1.82, 2.24) is 30.2 Å². The van der Waals surface area contributed by atoms with Crippen LogP contribution in [0.4, 0.5) is 0 Å². The number of amides is 1. The van der Waals surface area contributed by atoms with E-state index >= 15 is 0 Å². The van der Waals surface area contributed by atoms with Crippen LogP contribution in [-0.4, -0.2) is 56.5 Å². The minimum absolute atomic E-state index is 0. The van der Waals surface area contributed by atoms with E-state index in [2.05, 4.69) is 27.5 Å².